The van der Waals surface area contributed by atoms with Gasteiger partial charge in [0.05, 0.1) is 13.6 Å². The average Bonchev–Trinajstić information content (AvgIpc) is 2.78. The minimum Gasteiger partial charge on any atom is -0.308 e. The van der Waals surface area contributed by atoms with Crippen LogP contribution in [0.25, 0.3) is 0 Å². The first kappa shape index (κ1) is 13.4. The predicted molar refractivity (Wildman–Crippen MR) is 70.0 cm³/mol. The van der Waals surface area contributed by atoms with Crippen molar-refractivity contribution in [2.24, 2.45) is 7.05 Å². The van der Waals surface area contributed by atoms with Gasteiger partial charge >= 0.3 is 0 Å². The van der Waals surface area contributed by atoms with Gasteiger partial charge in [-0.1, -0.05) is 13.8 Å². The Morgan fingerprint density at radius 2 is 2.11 bits per heavy atom. The third kappa shape index (κ3) is 2.70. The molecular formula is C12H24N6. The number of hydrogen-bond acceptors (Lipinski definition) is 5. The van der Waals surface area contributed by atoms with Gasteiger partial charge in [0.1, 0.15) is 0 Å². The highest BCUT2D eigenvalue weighted by atomic mass is 15.6. The first-order chi connectivity index (χ1) is 8.58. The average molecular weight is 252 g/mol. The molecule has 6 nitrogen and oxygen atoms in total. The summed E-state index contributed by atoms with van der Waals surface area (Å²) in [5.41, 5.74) is 0.245. The Kier molecular flexibility index (Phi) is 3.97. The molecule has 0 saturated carbocycles. The Labute approximate surface area is 109 Å². The van der Waals surface area contributed by atoms with Gasteiger partial charge in [0.25, 0.3) is 0 Å². The molecular weight excluding hydrogens is 228 g/mol. The number of tetrazole rings is 1. The maximum Gasteiger partial charge on any atom is 0.188 e. The van der Waals surface area contributed by atoms with Crippen molar-refractivity contribution in [3.8, 4) is 0 Å². The van der Waals surface area contributed by atoms with Crippen molar-refractivity contribution in [3.63, 3.8) is 0 Å². The molecule has 1 N–H and O–H groups in total. The lowest BCUT2D eigenvalue weighted by atomic mass is 9.89. The molecule has 2 heterocycles. The summed E-state index contributed by atoms with van der Waals surface area (Å²) in [7, 11) is 1.81. The number of rotatable bonds is 4. The Morgan fingerprint density at radius 1 is 1.39 bits per heavy atom. The fraction of sp³-hybridized carbons (Fsp3) is 0.917. The highest BCUT2D eigenvalue weighted by molar-refractivity contribution is 4.96. The molecule has 1 atom stereocenters. The summed E-state index contributed by atoms with van der Waals surface area (Å²) in [4.78, 5) is 3.98. The van der Waals surface area contributed by atoms with E-state index in [0.29, 0.717) is 6.04 Å². The van der Waals surface area contributed by atoms with Gasteiger partial charge in [-0.2, -0.15) is 4.80 Å². The quantitative estimate of drug-likeness (QED) is 0.848. The number of nitrogens with zero attached hydrogens (tertiary/aromatic N) is 5. The molecule has 1 aliphatic rings. The SMILES string of the molecule is CCC1(CC)CN(Cc2nnn(C)n2)C(C)CN1. The van der Waals surface area contributed by atoms with Crippen molar-refractivity contribution >= 4 is 0 Å². The molecule has 1 fully saturated rings. The van der Waals surface area contributed by atoms with Gasteiger partial charge in [-0.3, -0.25) is 4.90 Å². The van der Waals surface area contributed by atoms with Gasteiger partial charge < -0.3 is 5.32 Å². The highest BCUT2D eigenvalue weighted by Crippen LogP contribution is 2.23. The molecule has 1 aromatic rings. The van der Waals surface area contributed by atoms with E-state index in [4.69, 9.17) is 0 Å². The van der Waals surface area contributed by atoms with Crippen LogP contribution >= 0.6 is 0 Å². The zero-order chi connectivity index (χ0) is 13.2. The Hall–Kier alpha value is -1.01. The fourth-order valence-corrected chi connectivity index (χ4v) is 2.60. The summed E-state index contributed by atoms with van der Waals surface area (Å²) >= 11 is 0. The van der Waals surface area contributed by atoms with Crippen molar-refractivity contribution in [1.29, 1.82) is 0 Å². The van der Waals surface area contributed by atoms with E-state index in [-0.39, 0.29) is 5.54 Å². The van der Waals surface area contributed by atoms with E-state index in [2.05, 4.69) is 46.4 Å². The zero-order valence-electron chi connectivity index (χ0n) is 11.8. The van der Waals surface area contributed by atoms with Gasteiger partial charge in [0, 0.05) is 24.7 Å². The summed E-state index contributed by atoms with van der Waals surface area (Å²) in [5, 5.41) is 16.0. The minimum absolute atomic E-state index is 0.245. The van der Waals surface area contributed by atoms with Gasteiger partial charge in [-0.25, -0.2) is 0 Å². The molecule has 1 unspecified atom stereocenters. The molecule has 0 amide bonds. The monoisotopic (exact) mass is 252 g/mol. The first-order valence-electron chi connectivity index (χ1n) is 6.80. The van der Waals surface area contributed by atoms with Crippen molar-refractivity contribution in [2.45, 2.75) is 51.7 Å². The van der Waals surface area contributed by atoms with Crippen LogP contribution in [-0.4, -0.2) is 49.8 Å². The van der Waals surface area contributed by atoms with Crippen molar-refractivity contribution in [3.05, 3.63) is 5.82 Å². The maximum atomic E-state index is 4.27. The number of aromatic nitrogens is 4. The standard InChI is InChI=1S/C12H24N6/c1-5-12(6-2)9-18(10(3)7-13-12)8-11-14-16-17(4)15-11/h10,13H,5-9H2,1-4H3. The highest BCUT2D eigenvalue weighted by Gasteiger charge is 2.35. The van der Waals surface area contributed by atoms with Crippen LogP contribution in [0.2, 0.25) is 0 Å². The lowest BCUT2D eigenvalue weighted by Gasteiger charge is -2.46. The van der Waals surface area contributed by atoms with Gasteiger partial charge in [-0.15, -0.1) is 10.2 Å². The van der Waals surface area contributed by atoms with Crippen LogP contribution in [0, 0.1) is 0 Å². The van der Waals surface area contributed by atoms with E-state index in [0.717, 1.165) is 38.3 Å². The summed E-state index contributed by atoms with van der Waals surface area (Å²) in [6, 6.07) is 0.514. The van der Waals surface area contributed by atoms with Crippen molar-refractivity contribution in [2.75, 3.05) is 13.1 Å². The van der Waals surface area contributed by atoms with E-state index in [1.807, 2.05) is 0 Å². The van der Waals surface area contributed by atoms with Crippen LogP contribution in [0.15, 0.2) is 0 Å². The van der Waals surface area contributed by atoms with E-state index < -0.39 is 0 Å². The van der Waals surface area contributed by atoms with Gasteiger partial charge in [0.15, 0.2) is 5.82 Å². The third-order valence-corrected chi connectivity index (χ3v) is 4.15. The number of aryl methyl sites for hydroxylation is 1. The molecule has 18 heavy (non-hydrogen) atoms. The zero-order valence-corrected chi connectivity index (χ0v) is 11.8. The second-order valence-corrected chi connectivity index (χ2v) is 5.32. The fourth-order valence-electron chi connectivity index (χ4n) is 2.60. The third-order valence-electron chi connectivity index (χ3n) is 4.15. The normalized spacial score (nSPS) is 24.3. The summed E-state index contributed by atoms with van der Waals surface area (Å²) in [6.07, 6.45) is 2.31. The van der Waals surface area contributed by atoms with E-state index in [9.17, 15) is 0 Å². The van der Waals surface area contributed by atoms with E-state index >= 15 is 0 Å². The molecule has 0 aliphatic carbocycles. The topological polar surface area (TPSA) is 58.9 Å². The minimum atomic E-state index is 0.245. The lowest BCUT2D eigenvalue weighted by molar-refractivity contribution is 0.0724. The number of hydrogen-bond donors (Lipinski definition) is 1. The van der Waals surface area contributed by atoms with Crippen molar-refractivity contribution < 1.29 is 0 Å². The van der Waals surface area contributed by atoms with Crippen molar-refractivity contribution in [1.82, 2.24) is 30.4 Å². The van der Waals surface area contributed by atoms with E-state index in [1.165, 1.54) is 4.80 Å². The number of nitrogens with one attached hydrogen (secondary N) is 1. The number of piperazine rings is 1. The van der Waals surface area contributed by atoms with Crippen LogP contribution in [0.3, 0.4) is 0 Å². The predicted octanol–water partition coefficient (Wildman–Crippen LogP) is 0.563. The largest absolute Gasteiger partial charge is 0.308 e. The molecule has 6 heteroatoms. The molecule has 102 valence electrons. The van der Waals surface area contributed by atoms with Gasteiger partial charge in [0.2, 0.25) is 0 Å². The molecule has 0 radical (unpaired) electrons. The first-order valence-corrected chi connectivity index (χ1v) is 6.80. The summed E-state index contributed by atoms with van der Waals surface area (Å²) in [6.45, 7) is 9.63. The summed E-state index contributed by atoms with van der Waals surface area (Å²) < 4.78 is 0. The Balaban J connectivity index is 2.05. The molecule has 2 rings (SSSR count). The second-order valence-electron chi connectivity index (χ2n) is 5.32. The van der Waals surface area contributed by atoms with Crippen LogP contribution in [0.1, 0.15) is 39.4 Å². The Bertz CT molecular complexity index is 384. The van der Waals surface area contributed by atoms with Crippen LogP contribution in [0.5, 0.6) is 0 Å². The lowest BCUT2D eigenvalue weighted by Crippen LogP contribution is -2.62. The summed E-state index contributed by atoms with van der Waals surface area (Å²) in [5.74, 6) is 0.812. The molecule has 1 aliphatic heterocycles. The second kappa shape index (κ2) is 5.32. The Morgan fingerprint density at radius 3 is 2.67 bits per heavy atom. The molecule has 1 aromatic heterocycles. The molecule has 0 aromatic carbocycles. The van der Waals surface area contributed by atoms with Gasteiger partial charge in [-0.05, 0) is 25.0 Å². The van der Waals surface area contributed by atoms with E-state index in [1.54, 1.807) is 7.05 Å². The molecule has 0 spiro atoms. The van der Waals surface area contributed by atoms with Crippen LogP contribution in [0.4, 0.5) is 0 Å². The molecule has 1 saturated heterocycles. The molecule has 0 bridgehead atoms. The maximum absolute atomic E-state index is 4.27. The smallest absolute Gasteiger partial charge is 0.188 e. The van der Waals surface area contributed by atoms with Crippen LogP contribution < -0.4 is 5.32 Å². The van der Waals surface area contributed by atoms with Crippen LogP contribution in [-0.2, 0) is 13.6 Å².